The van der Waals surface area contributed by atoms with Crippen molar-refractivity contribution >= 4 is 5.95 Å². The summed E-state index contributed by atoms with van der Waals surface area (Å²) in [5.74, 6) is 1.67. The van der Waals surface area contributed by atoms with Gasteiger partial charge in [-0.05, 0) is 25.3 Å². The average molecular weight is 286 g/mol. The fraction of sp³-hybridized carbons (Fsp3) is 0.438. The van der Waals surface area contributed by atoms with Crippen molar-refractivity contribution in [2.75, 3.05) is 18.5 Å². The summed E-state index contributed by atoms with van der Waals surface area (Å²) in [7, 11) is 0. The van der Waals surface area contributed by atoms with Gasteiger partial charge in [-0.1, -0.05) is 38.1 Å². The second-order valence-electron chi connectivity index (χ2n) is 5.01. The zero-order chi connectivity index (χ0) is 15.2. The second kappa shape index (κ2) is 7.02. The van der Waals surface area contributed by atoms with Crippen molar-refractivity contribution in [1.29, 1.82) is 0 Å². The van der Waals surface area contributed by atoms with Crippen molar-refractivity contribution in [3.05, 3.63) is 29.8 Å². The molecule has 112 valence electrons. The molecule has 0 spiro atoms. The highest BCUT2D eigenvalue weighted by atomic mass is 16.5. The van der Waals surface area contributed by atoms with Gasteiger partial charge in [0, 0.05) is 12.1 Å². The number of rotatable bonds is 6. The van der Waals surface area contributed by atoms with Crippen LogP contribution in [0.3, 0.4) is 0 Å². The normalized spacial score (nSPS) is 10.7. The lowest BCUT2D eigenvalue weighted by molar-refractivity contribution is 0.312. The lowest BCUT2D eigenvalue weighted by atomic mass is 10.0. The SMILES string of the molecule is CCNc1nc(OCC)nc(-c2ccc(C(C)C)cc2)n1. The predicted octanol–water partition coefficient (Wildman–Crippen LogP) is 3.49. The molecule has 0 aliphatic rings. The molecule has 2 aromatic rings. The molecule has 21 heavy (non-hydrogen) atoms. The Balaban J connectivity index is 2.36. The monoisotopic (exact) mass is 286 g/mol. The third kappa shape index (κ3) is 3.90. The van der Waals surface area contributed by atoms with Gasteiger partial charge in [-0.3, -0.25) is 0 Å². The lowest BCUT2D eigenvalue weighted by Crippen LogP contribution is -2.07. The van der Waals surface area contributed by atoms with Crippen molar-refractivity contribution in [3.63, 3.8) is 0 Å². The van der Waals surface area contributed by atoms with Gasteiger partial charge < -0.3 is 10.1 Å². The zero-order valence-electron chi connectivity index (χ0n) is 13.1. The van der Waals surface area contributed by atoms with E-state index >= 15 is 0 Å². The van der Waals surface area contributed by atoms with Gasteiger partial charge in [0.1, 0.15) is 0 Å². The minimum absolute atomic E-state index is 0.353. The Hall–Kier alpha value is -2.17. The fourth-order valence-corrected chi connectivity index (χ4v) is 1.93. The quantitative estimate of drug-likeness (QED) is 0.880. The van der Waals surface area contributed by atoms with Gasteiger partial charge in [0.2, 0.25) is 5.95 Å². The maximum Gasteiger partial charge on any atom is 0.321 e. The summed E-state index contributed by atoms with van der Waals surface area (Å²) in [4.78, 5) is 13.0. The standard InChI is InChI=1S/C16H22N4O/c1-5-17-15-18-14(19-16(20-15)21-6-2)13-9-7-12(8-10-13)11(3)4/h7-11H,5-6H2,1-4H3,(H,17,18,19,20). The molecular formula is C16H22N4O. The van der Waals surface area contributed by atoms with Crippen LogP contribution >= 0.6 is 0 Å². The van der Waals surface area contributed by atoms with Crippen LogP contribution in [0.25, 0.3) is 11.4 Å². The van der Waals surface area contributed by atoms with Crippen LogP contribution in [0.1, 0.15) is 39.2 Å². The van der Waals surface area contributed by atoms with E-state index in [-0.39, 0.29) is 0 Å². The largest absolute Gasteiger partial charge is 0.464 e. The minimum Gasteiger partial charge on any atom is -0.464 e. The predicted molar refractivity (Wildman–Crippen MR) is 84.7 cm³/mol. The van der Waals surface area contributed by atoms with Gasteiger partial charge in [-0.25, -0.2) is 0 Å². The van der Waals surface area contributed by atoms with Crippen molar-refractivity contribution in [3.8, 4) is 17.4 Å². The number of nitrogens with one attached hydrogen (secondary N) is 1. The van der Waals surface area contributed by atoms with Crippen molar-refractivity contribution < 1.29 is 4.74 Å². The Morgan fingerprint density at radius 2 is 1.76 bits per heavy atom. The first-order chi connectivity index (χ1) is 10.1. The summed E-state index contributed by atoms with van der Waals surface area (Å²) in [6, 6.07) is 8.65. The fourth-order valence-electron chi connectivity index (χ4n) is 1.93. The lowest BCUT2D eigenvalue weighted by Gasteiger charge is -2.09. The molecule has 0 atom stereocenters. The van der Waals surface area contributed by atoms with Gasteiger partial charge in [0.15, 0.2) is 5.82 Å². The molecule has 1 aromatic heterocycles. The number of nitrogens with zero attached hydrogens (tertiary/aromatic N) is 3. The summed E-state index contributed by atoms with van der Waals surface area (Å²) in [5.41, 5.74) is 2.26. The van der Waals surface area contributed by atoms with Crippen molar-refractivity contribution in [1.82, 2.24) is 15.0 Å². The van der Waals surface area contributed by atoms with E-state index in [0.29, 0.717) is 30.3 Å². The highest BCUT2D eigenvalue weighted by Crippen LogP contribution is 2.22. The summed E-state index contributed by atoms with van der Waals surface area (Å²) < 4.78 is 5.41. The molecule has 0 saturated heterocycles. The van der Waals surface area contributed by atoms with E-state index in [2.05, 4.69) is 46.2 Å². The van der Waals surface area contributed by atoms with E-state index in [9.17, 15) is 0 Å². The first-order valence-electron chi connectivity index (χ1n) is 7.37. The molecule has 1 heterocycles. The van der Waals surface area contributed by atoms with Gasteiger partial charge in [-0.15, -0.1) is 0 Å². The Kier molecular flexibility index (Phi) is 5.09. The molecule has 0 unspecified atom stereocenters. The number of aromatic nitrogens is 3. The van der Waals surface area contributed by atoms with Crippen LogP contribution in [0.5, 0.6) is 6.01 Å². The maximum absolute atomic E-state index is 5.41. The number of ether oxygens (including phenoxy) is 1. The smallest absolute Gasteiger partial charge is 0.321 e. The molecule has 0 bridgehead atoms. The topological polar surface area (TPSA) is 59.9 Å². The molecule has 1 N–H and O–H groups in total. The summed E-state index contributed by atoms with van der Waals surface area (Å²) in [6.45, 7) is 9.54. The van der Waals surface area contributed by atoms with Gasteiger partial charge in [0.05, 0.1) is 6.61 Å². The van der Waals surface area contributed by atoms with Gasteiger partial charge >= 0.3 is 6.01 Å². The molecule has 0 aliphatic carbocycles. The first-order valence-corrected chi connectivity index (χ1v) is 7.37. The first kappa shape index (κ1) is 15.2. The number of hydrogen-bond acceptors (Lipinski definition) is 5. The summed E-state index contributed by atoms with van der Waals surface area (Å²) in [5, 5.41) is 3.10. The van der Waals surface area contributed by atoms with E-state index in [1.165, 1.54) is 5.56 Å². The second-order valence-corrected chi connectivity index (χ2v) is 5.01. The van der Waals surface area contributed by atoms with E-state index in [1.807, 2.05) is 26.0 Å². The molecule has 0 aliphatic heterocycles. The number of benzene rings is 1. The van der Waals surface area contributed by atoms with Crippen LogP contribution in [0.4, 0.5) is 5.95 Å². The molecular weight excluding hydrogens is 264 g/mol. The zero-order valence-corrected chi connectivity index (χ0v) is 13.1. The minimum atomic E-state index is 0.353. The molecule has 0 radical (unpaired) electrons. The van der Waals surface area contributed by atoms with Crippen LogP contribution in [0, 0.1) is 0 Å². The number of anilines is 1. The summed E-state index contributed by atoms with van der Waals surface area (Å²) >= 11 is 0. The van der Waals surface area contributed by atoms with Crippen molar-refractivity contribution in [2.24, 2.45) is 0 Å². The van der Waals surface area contributed by atoms with E-state index < -0.39 is 0 Å². The molecule has 2 rings (SSSR count). The van der Waals surface area contributed by atoms with Crippen LogP contribution in [-0.4, -0.2) is 28.1 Å². The molecule has 5 nitrogen and oxygen atoms in total. The number of hydrogen-bond donors (Lipinski definition) is 1. The van der Waals surface area contributed by atoms with E-state index in [0.717, 1.165) is 12.1 Å². The summed E-state index contributed by atoms with van der Waals surface area (Å²) in [6.07, 6.45) is 0. The van der Waals surface area contributed by atoms with Gasteiger partial charge in [-0.2, -0.15) is 15.0 Å². The van der Waals surface area contributed by atoms with Crippen LogP contribution in [-0.2, 0) is 0 Å². The molecule has 5 heteroatoms. The maximum atomic E-state index is 5.41. The average Bonchev–Trinajstić information content (AvgIpc) is 2.48. The van der Waals surface area contributed by atoms with Crippen LogP contribution in [0.15, 0.2) is 24.3 Å². The highest BCUT2D eigenvalue weighted by Gasteiger charge is 2.09. The van der Waals surface area contributed by atoms with Crippen molar-refractivity contribution in [2.45, 2.75) is 33.6 Å². The van der Waals surface area contributed by atoms with Crippen LogP contribution < -0.4 is 10.1 Å². The van der Waals surface area contributed by atoms with Crippen LogP contribution in [0.2, 0.25) is 0 Å². The Morgan fingerprint density at radius 1 is 1.05 bits per heavy atom. The molecule has 0 fully saturated rings. The van der Waals surface area contributed by atoms with E-state index in [4.69, 9.17) is 4.74 Å². The molecule has 0 saturated carbocycles. The third-order valence-corrected chi connectivity index (χ3v) is 3.06. The van der Waals surface area contributed by atoms with E-state index in [1.54, 1.807) is 0 Å². The van der Waals surface area contributed by atoms with Gasteiger partial charge in [0.25, 0.3) is 0 Å². The Morgan fingerprint density at radius 3 is 2.33 bits per heavy atom. The Bertz CT molecular complexity index is 557. The third-order valence-electron chi connectivity index (χ3n) is 3.06. The highest BCUT2D eigenvalue weighted by molar-refractivity contribution is 5.57. The molecule has 0 amide bonds. The molecule has 1 aromatic carbocycles. The Labute approximate surface area is 125 Å².